The molecule has 0 fully saturated rings. The zero-order valence-electron chi connectivity index (χ0n) is 20.7. The first-order valence-electron chi connectivity index (χ1n) is 12.6. The summed E-state index contributed by atoms with van der Waals surface area (Å²) in [5.41, 5.74) is 12.5. The van der Waals surface area contributed by atoms with E-state index in [1.165, 1.54) is 39.0 Å². The van der Waals surface area contributed by atoms with E-state index >= 15 is 0 Å². The minimum atomic E-state index is 0.293. The Morgan fingerprint density at radius 1 is 0.639 bits per heavy atom. The maximum absolute atomic E-state index is 2.35. The summed E-state index contributed by atoms with van der Waals surface area (Å²) in [4.78, 5) is 2.32. The summed E-state index contributed by atoms with van der Waals surface area (Å²) in [6, 6.07) is 35.1. The molecule has 1 heteroatoms. The highest BCUT2D eigenvalue weighted by Crippen LogP contribution is 2.42. The van der Waals surface area contributed by atoms with Crippen molar-refractivity contribution in [2.75, 3.05) is 4.90 Å². The van der Waals surface area contributed by atoms with Gasteiger partial charge in [0, 0.05) is 23.0 Å². The summed E-state index contributed by atoms with van der Waals surface area (Å²) in [7, 11) is 0. The van der Waals surface area contributed by atoms with Gasteiger partial charge in [0.25, 0.3) is 0 Å². The van der Waals surface area contributed by atoms with Gasteiger partial charge in [-0.1, -0.05) is 108 Å². The van der Waals surface area contributed by atoms with Crippen molar-refractivity contribution in [1.29, 1.82) is 0 Å². The van der Waals surface area contributed by atoms with Crippen molar-refractivity contribution < 1.29 is 0 Å². The van der Waals surface area contributed by atoms with Crippen LogP contribution in [0.1, 0.15) is 27.8 Å². The van der Waals surface area contributed by atoms with Crippen LogP contribution in [0.15, 0.2) is 127 Å². The van der Waals surface area contributed by atoms with Gasteiger partial charge in [0.05, 0.1) is 0 Å². The maximum Gasteiger partial charge on any atom is 0.0462 e. The molecule has 2 aliphatic rings. The molecule has 36 heavy (non-hydrogen) atoms. The van der Waals surface area contributed by atoms with Gasteiger partial charge in [-0.3, -0.25) is 0 Å². The van der Waals surface area contributed by atoms with Gasteiger partial charge < -0.3 is 4.90 Å². The standard InChI is InChI=1S/C35H29N/c1-25-11-17-30(18-12-25)36(31-19-13-26(2)14-20-31)32-21-15-27(16-22-32)23-35-33-9-5-3-7-28(33)24-29-8-4-6-10-34(29)35/h3-24,33H,1-2H3. The molecule has 0 saturated carbocycles. The molecule has 0 heterocycles. The molecule has 4 aromatic carbocycles. The second kappa shape index (κ2) is 9.36. The lowest BCUT2D eigenvalue weighted by atomic mass is 9.77. The fourth-order valence-corrected chi connectivity index (χ4v) is 5.11. The number of hydrogen-bond acceptors (Lipinski definition) is 1. The first-order valence-corrected chi connectivity index (χ1v) is 12.6. The topological polar surface area (TPSA) is 3.24 Å². The monoisotopic (exact) mass is 463 g/mol. The lowest BCUT2D eigenvalue weighted by molar-refractivity contribution is 1.02. The fourth-order valence-electron chi connectivity index (χ4n) is 5.11. The third-order valence-corrected chi connectivity index (χ3v) is 7.05. The average Bonchev–Trinajstić information content (AvgIpc) is 2.92. The number of fused-ring (bicyclic) bond motifs is 2. The lowest BCUT2D eigenvalue weighted by Gasteiger charge is -2.28. The summed E-state index contributed by atoms with van der Waals surface area (Å²) in [6.07, 6.45) is 13.5. The van der Waals surface area contributed by atoms with Gasteiger partial charge in [-0.2, -0.15) is 0 Å². The molecule has 0 aliphatic heterocycles. The number of aryl methyl sites for hydroxylation is 2. The van der Waals surface area contributed by atoms with Gasteiger partial charge in [0.15, 0.2) is 0 Å². The summed E-state index contributed by atoms with van der Waals surface area (Å²) in [5, 5.41) is 0. The molecule has 1 atom stereocenters. The predicted molar refractivity (Wildman–Crippen MR) is 155 cm³/mol. The van der Waals surface area contributed by atoms with Gasteiger partial charge in [-0.05, 0) is 78.1 Å². The summed E-state index contributed by atoms with van der Waals surface area (Å²) >= 11 is 0. The predicted octanol–water partition coefficient (Wildman–Crippen LogP) is 9.45. The van der Waals surface area contributed by atoms with Crippen molar-refractivity contribution in [1.82, 2.24) is 0 Å². The van der Waals surface area contributed by atoms with Crippen molar-refractivity contribution >= 4 is 34.8 Å². The Bertz CT molecular complexity index is 1470. The van der Waals surface area contributed by atoms with Crippen molar-refractivity contribution in [2.45, 2.75) is 13.8 Å². The second-order valence-electron chi connectivity index (χ2n) is 9.65. The Balaban J connectivity index is 1.40. The van der Waals surface area contributed by atoms with E-state index in [2.05, 4.69) is 152 Å². The normalized spacial score (nSPS) is 16.9. The molecule has 0 amide bonds. The highest BCUT2D eigenvalue weighted by molar-refractivity contribution is 5.93. The van der Waals surface area contributed by atoms with Crippen LogP contribution in [0.5, 0.6) is 0 Å². The highest BCUT2D eigenvalue weighted by atomic mass is 15.1. The molecule has 1 nitrogen and oxygen atoms in total. The van der Waals surface area contributed by atoms with E-state index in [4.69, 9.17) is 0 Å². The van der Waals surface area contributed by atoms with Gasteiger partial charge in [0.1, 0.15) is 0 Å². The number of hydrogen-bond donors (Lipinski definition) is 0. The molecule has 6 rings (SSSR count). The minimum Gasteiger partial charge on any atom is -0.311 e. The molecular formula is C35H29N. The van der Waals surface area contributed by atoms with Crippen LogP contribution < -0.4 is 4.90 Å². The average molecular weight is 464 g/mol. The summed E-state index contributed by atoms with van der Waals surface area (Å²) in [6.45, 7) is 4.26. The zero-order chi connectivity index (χ0) is 24.5. The molecule has 0 bridgehead atoms. The largest absolute Gasteiger partial charge is 0.311 e. The molecule has 0 saturated heterocycles. The molecule has 0 spiro atoms. The number of rotatable bonds is 4. The number of anilines is 3. The molecule has 0 radical (unpaired) electrons. The molecule has 2 aliphatic carbocycles. The van der Waals surface area contributed by atoms with E-state index in [1.807, 2.05) is 0 Å². The highest BCUT2D eigenvalue weighted by Gasteiger charge is 2.24. The first kappa shape index (κ1) is 22.1. The number of nitrogens with zero attached hydrogens (tertiary/aromatic N) is 1. The van der Waals surface area contributed by atoms with Gasteiger partial charge >= 0.3 is 0 Å². The van der Waals surface area contributed by atoms with E-state index in [-0.39, 0.29) is 0 Å². The Hall–Kier alpha value is -4.36. The van der Waals surface area contributed by atoms with E-state index in [0.29, 0.717) is 5.92 Å². The summed E-state index contributed by atoms with van der Waals surface area (Å²) in [5.74, 6) is 0.293. The van der Waals surface area contributed by atoms with Crippen molar-refractivity contribution in [3.8, 4) is 0 Å². The molecule has 4 aromatic rings. The first-order chi connectivity index (χ1) is 17.7. The van der Waals surface area contributed by atoms with Gasteiger partial charge in [-0.15, -0.1) is 0 Å². The van der Waals surface area contributed by atoms with E-state index in [9.17, 15) is 0 Å². The van der Waals surface area contributed by atoms with Gasteiger partial charge in [0.2, 0.25) is 0 Å². The number of benzene rings is 4. The molecule has 0 aromatic heterocycles. The quantitative estimate of drug-likeness (QED) is 0.291. The Labute approximate surface area is 214 Å². The zero-order valence-corrected chi connectivity index (χ0v) is 20.7. The smallest absolute Gasteiger partial charge is 0.0462 e. The van der Waals surface area contributed by atoms with Gasteiger partial charge in [-0.25, -0.2) is 0 Å². The minimum absolute atomic E-state index is 0.293. The van der Waals surface area contributed by atoms with E-state index < -0.39 is 0 Å². The Morgan fingerprint density at radius 3 is 1.86 bits per heavy atom. The van der Waals surface area contributed by atoms with Crippen LogP contribution in [-0.4, -0.2) is 0 Å². The van der Waals surface area contributed by atoms with Crippen LogP contribution in [0, 0.1) is 19.8 Å². The molecule has 174 valence electrons. The van der Waals surface area contributed by atoms with E-state index in [0.717, 1.165) is 17.1 Å². The molecule has 0 N–H and O–H groups in total. The lowest BCUT2D eigenvalue weighted by Crippen LogP contribution is -2.11. The SMILES string of the molecule is Cc1ccc(N(c2ccc(C)cc2)c2ccc(C=C3c4ccccc4C=C4C=CC=CC43)cc2)cc1. The third-order valence-electron chi connectivity index (χ3n) is 7.05. The maximum atomic E-state index is 2.35. The van der Waals surface area contributed by atoms with Crippen LogP contribution >= 0.6 is 0 Å². The van der Waals surface area contributed by atoms with Crippen molar-refractivity contribution in [3.05, 3.63) is 155 Å². The number of allylic oxidation sites excluding steroid dienone is 6. The third kappa shape index (κ3) is 4.25. The second-order valence-corrected chi connectivity index (χ2v) is 9.65. The Kier molecular flexibility index (Phi) is 5.75. The van der Waals surface area contributed by atoms with Crippen LogP contribution in [0.3, 0.4) is 0 Å². The van der Waals surface area contributed by atoms with Crippen LogP contribution in [-0.2, 0) is 0 Å². The molecular weight excluding hydrogens is 434 g/mol. The van der Waals surface area contributed by atoms with Crippen LogP contribution in [0.4, 0.5) is 17.1 Å². The van der Waals surface area contributed by atoms with Crippen LogP contribution in [0.2, 0.25) is 0 Å². The van der Waals surface area contributed by atoms with Crippen LogP contribution in [0.25, 0.3) is 17.7 Å². The molecule has 1 unspecified atom stereocenters. The van der Waals surface area contributed by atoms with Crippen molar-refractivity contribution in [2.24, 2.45) is 5.92 Å². The van der Waals surface area contributed by atoms with Crippen molar-refractivity contribution in [3.63, 3.8) is 0 Å². The fraction of sp³-hybridized carbons (Fsp3) is 0.0857. The Morgan fingerprint density at radius 2 is 1.22 bits per heavy atom. The van der Waals surface area contributed by atoms with E-state index in [1.54, 1.807) is 0 Å². The summed E-state index contributed by atoms with van der Waals surface area (Å²) < 4.78 is 0.